The lowest BCUT2D eigenvalue weighted by atomic mass is 10.0. The van der Waals surface area contributed by atoms with Crippen LogP contribution in [0.25, 0.3) is 0 Å². The summed E-state index contributed by atoms with van der Waals surface area (Å²) in [5.74, 6) is -0.983. The maximum atomic E-state index is 12.0. The van der Waals surface area contributed by atoms with Gasteiger partial charge in [-0.25, -0.2) is 4.79 Å². The Bertz CT molecular complexity index is 515. The van der Waals surface area contributed by atoms with Crippen molar-refractivity contribution in [1.29, 1.82) is 0 Å². The molecule has 1 unspecified atom stereocenters. The summed E-state index contributed by atoms with van der Waals surface area (Å²) >= 11 is 0. The van der Waals surface area contributed by atoms with Gasteiger partial charge in [-0.3, -0.25) is 4.79 Å². The van der Waals surface area contributed by atoms with E-state index in [0.29, 0.717) is 5.75 Å². The summed E-state index contributed by atoms with van der Waals surface area (Å²) in [6, 6.07) is 6.41. The van der Waals surface area contributed by atoms with Gasteiger partial charge in [-0.2, -0.15) is 0 Å². The van der Waals surface area contributed by atoms with E-state index in [1.807, 2.05) is 24.3 Å². The molecule has 0 aliphatic rings. The maximum absolute atomic E-state index is 12.0. The normalized spacial score (nSPS) is 13.5. The van der Waals surface area contributed by atoms with E-state index >= 15 is 0 Å². The number of carbonyl (C=O) groups is 2. The molecule has 0 fully saturated rings. The van der Waals surface area contributed by atoms with Crippen molar-refractivity contribution in [3.05, 3.63) is 29.8 Å². The standard InChI is InChI=1S/C16H23NO5/c1-10(2)14(16(19)20)17-15(18)11(3)22-9-12-6-5-7-13(8-12)21-4/h5-8,10-11,14H,9H2,1-4H3,(H,17,18)(H,19,20)/t11?,14-/m1/s1. The van der Waals surface area contributed by atoms with Gasteiger partial charge in [0.1, 0.15) is 17.9 Å². The highest BCUT2D eigenvalue weighted by atomic mass is 16.5. The van der Waals surface area contributed by atoms with E-state index in [-0.39, 0.29) is 12.5 Å². The lowest BCUT2D eigenvalue weighted by Crippen LogP contribution is -2.48. The molecule has 1 amide bonds. The lowest BCUT2D eigenvalue weighted by molar-refractivity contribution is -0.145. The molecule has 1 rings (SSSR count). The van der Waals surface area contributed by atoms with Crippen molar-refractivity contribution >= 4 is 11.9 Å². The summed E-state index contributed by atoms with van der Waals surface area (Å²) < 4.78 is 10.6. The zero-order valence-electron chi connectivity index (χ0n) is 13.3. The van der Waals surface area contributed by atoms with Crippen LogP contribution >= 0.6 is 0 Å². The van der Waals surface area contributed by atoms with Crippen molar-refractivity contribution in [3.63, 3.8) is 0 Å². The van der Waals surface area contributed by atoms with Crippen LogP contribution in [0.2, 0.25) is 0 Å². The van der Waals surface area contributed by atoms with Gasteiger partial charge in [-0.1, -0.05) is 26.0 Å². The molecule has 0 bridgehead atoms. The van der Waals surface area contributed by atoms with Gasteiger partial charge in [0.05, 0.1) is 13.7 Å². The molecule has 122 valence electrons. The molecule has 0 aromatic heterocycles. The Morgan fingerprint density at radius 3 is 2.50 bits per heavy atom. The first kappa shape index (κ1) is 18.0. The minimum Gasteiger partial charge on any atom is -0.497 e. The van der Waals surface area contributed by atoms with Crippen molar-refractivity contribution in [1.82, 2.24) is 5.32 Å². The lowest BCUT2D eigenvalue weighted by Gasteiger charge is -2.20. The molecule has 22 heavy (non-hydrogen) atoms. The van der Waals surface area contributed by atoms with Crippen LogP contribution in [0.15, 0.2) is 24.3 Å². The van der Waals surface area contributed by atoms with Gasteiger partial charge in [-0.05, 0) is 30.5 Å². The molecule has 0 saturated carbocycles. The maximum Gasteiger partial charge on any atom is 0.326 e. The third-order valence-corrected chi connectivity index (χ3v) is 3.23. The van der Waals surface area contributed by atoms with E-state index in [9.17, 15) is 9.59 Å². The van der Waals surface area contributed by atoms with E-state index in [1.165, 1.54) is 0 Å². The van der Waals surface area contributed by atoms with Crippen LogP contribution in [-0.2, 0) is 20.9 Å². The van der Waals surface area contributed by atoms with Gasteiger partial charge in [0.15, 0.2) is 0 Å². The number of carboxylic acid groups (broad SMARTS) is 1. The highest BCUT2D eigenvalue weighted by Crippen LogP contribution is 2.14. The average molecular weight is 309 g/mol. The molecule has 1 aromatic rings. The number of hydrogen-bond acceptors (Lipinski definition) is 4. The number of benzene rings is 1. The van der Waals surface area contributed by atoms with Crippen molar-refractivity contribution < 1.29 is 24.2 Å². The van der Waals surface area contributed by atoms with Crippen LogP contribution in [0.3, 0.4) is 0 Å². The molecular formula is C16H23NO5. The van der Waals surface area contributed by atoms with Crippen molar-refractivity contribution in [2.45, 2.75) is 39.5 Å². The van der Waals surface area contributed by atoms with E-state index in [4.69, 9.17) is 14.6 Å². The number of carbonyl (C=O) groups excluding carboxylic acids is 1. The number of carboxylic acids is 1. The largest absolute Gasteiger partial charge is 0.497 e. The zero-order valence-corrected chi connectivity index (χ0v) is 13.3. The Morgan fingerprint density at radius 1 is 1.27 bits per heavy atom. The van der Waals surface area contributed by atoms with Gasteiger partial charge < -0.3 is 19.9 Å². The molecule has 0 radical (unpaired) electrons. The quantitative estimate of drug-likeness (QED) is 0.765. The Balaban J connectivity index is 2.55. The van der Waals surface area contributed by atoms with Crippen molar-refractivity contribution in [3.8, 4) is 5.75 Å². The van der Waals surface area contributed by atoms with Gasteiger partial charge in [0.2, 0.25) is 5.91 Å². The van der Waals surface area contributed by atoms with Crippen LogP contribution in [-0.4, -0.2) is 36.2 Å². The van der Waals surface area contributed by atoms with Gasteiger partial charge >= 0.3 is 5.97 Å². The topological polar surface area (TPSA) is 84.9 Å². The molecule has 1 aromatic carbocycles. The van der Waals surface area contributed by atoms with Gasteiger partial charge in [0, 0.05) is 0 Å². The van der Waals surface area contributed by atoms with Crippen LogP contribution < -0.4 is 10.1 Å². The van der Waals surface area contributed by atoms with E-state index in [2.05, 4.69) is 5.32 Å². The number of hydrogen-bond donors (Lipinski definition) is 2. The van der Waals surface area contributed by atoms with Gasteiger partial charge in [-0.15, -0.1) is 0 Å². The van der Waals surface area contributed by atoms with E-state index in [0.717, 1.165) is 5.56 Å². The Hall–Kier alpha value is -2.08. The smallest absolute Gasteiger partial charge is 0.326 e. The summed E-state index contributed by atoms with van der Waals surface area (Å²) in [5, 5.41) is 11.6. The van der Waals surface area contributed by atoms with Crippen LogP contribution in [0.5, 0.6) is 5.75 Å². The van der Waals surface area contributed by atoms with Crippen LogP contribution in [0.1, 0.15) is 26.3 Å². The van der Waals surface area contributed by atoms with Crippen LogP contribution in [0.4, 0.5) is 0 Å². The first-order chi connectivity index (χ1) is 10.3. The SMILES string of the molecule is COc1cccc(COC(C)C(=O)N[C@@H](C(=O)O)C(C)C)c1. The fraction of sp³-hybridized carbons (Fsp3) is 0.500. The zero-order chi connectivity index (χ0) is 16.7. The molecule has 0 aliphatic carbocycles. The highest BCUT2D eigenvalue weighted by Gasteiger charge is 2.25. The van der Waals surface area contributed by atoms with E-state index in [1.54, 1.807) is 27.9 Å². The number of methoxy groups -OCH3 is 1. The number of rotatable bonds is 8. The Kier molecular flexibility index (Phi) is 6.85. The Morgan fingerprint density at radius 2 is 1.95 bits per heavy atom. The molecule has 0 saturated heterocycles. The number of aliphatic carboxylic acids is 1. The minimum atomic E-state index is -1.05. The first-order valence-electron chi connectivity index (χ1n) is 7.12. The molecule has 6 nitrogen and oxygen atoms in total. The first-order valence-corrected chi connectivity index (χ1v) is 7.12. The molecule has 2 N–H and O–H groups in total. The summed E-state index contributed by atoms with van der Waals surface area (Å²) in [6.07, 6.45) is -0.744. The Labute approximate surface area is 130 Å². The van der Waals surface area contributed by atoms with Crippen molar-refractivity contribution in [2.24, 2.45) is 5.92 Å². The number of amides is 1. The third kappa shape index (κ3) is 5.37. The molecular weight excluding hydrogens is 286 g/mol. The summed E-state index contributed by atoms with van der Waals surface area (Å²) in [5.41, 5.74) is 0.873. The molecule has 2 atom stereocenters. The van der Waals surface area contributed by atoms with Crippen LogP contribution in [0, 0.1) is 5.92 Å². The average Bonchev–Trinajstić information content (AvgIpc) is 2.49. The fourth-order valence-electron chi connectivity index (χ4n) is 1.84. The number of nitrogens with one attached hydrogen (secondary N) is 1. The van der Waals surface area contributed by atoms with Gasteiger partial charge in [0.25, 0.3) is 0 Å². The second-order valence-corrected chi connectivity index (χ2v) is 5.37. The molecule has 6 heteroatoms. The number of ether oxygens (including phenoxy) is 2. The molecule has 0 aliphatic heterocycles. The second kappa shape index (κ2) is 8.38. The summed E-state index contributed by atoms with van der Waals surface area (Å²) in [6.45, 7) is 5.31. The fourth-order valence-corrected chi connectivity index (χ4v) is 1.84. The molecule has 0 heterocycles. The predicted molar refractivity (Wildman–Crippen MR) is 81.6 cm³/mol. The predicted octanol–water partition coefficient (Wildman–Crippen LogP) is 1.83. The molecule has 0 spiro atoms. The van der Waals surface area contributed by atoms with Crippen molar-refractivity contribution in [2.75, 3.05) is 7.11 Å². The second-order valence-electron chi connectivity index (χ2n) is 5.37. The summed E-state index contributed by atoms with van der Waals surface area (Å²) in [7, 11) is 1.58. The highest BCUT2D eigenvalue weighted by molar-refractivity contribution is 5.86. The van der Waals surface area contributed by atoms with E-state index < -0.39 is 24.0 Å². The summed E-state index contributed by atoms with van der Waals surface area (Å²) in [4.78, 5) is 23.1. The monoisotopic (exact) mass is 309 g/mol. The third-order valence-electron chi connectivity index (χ3n) is 3.23. The minimum absolute atomic E-state index is 0.202.